The summed E-state index contributed by atoms with van der Waals surface area (Å²) >= 11 is 0. The SMILES string of the molecule is Cc1ccc2c(c1)-n1cncc1C[N+]1(C(N)=O)C=CN=C21. The minimum Gasteiger partial charge on any atom is -0.318 e. The van der Waals surface area contributed by atoms with Crippen LogP contribution in [0.4, 0.5) is 4.79 Å². The maximum Gasteiger partial charge on any atom is 0.425 e. The molecule has 0 saturated heterocycles. The molecule has 0 fully saturated rings. The van der Waals surface area contributed by atoms with E-state index in [1.54, 1.807) is 24.9 Å². The number of primary amides is 1. The molecule has 21 heavy (non-hydrogen) atoms. The fourth-order valence-corrected chi connectivity index (χ4v) is 3.00. The molecule has 1 aromatic heterocycles. The van der Waals surface area contributed by atoms with Crippen molar-refractivity contribution in [2.45, 2.75) is 13.5 Å². The molecule has 0 spiro atoms. The first-order valence-corrected chi connectivity index (χ1v) is 6.68. The van der Waals surface area contributed by atoms with Crippen molar-refractivity contribution in [3.8, 4) is 5.69 Å². The number of aryl methyl sites for hydroxylation is 1. The van der Waals surface area contributed by atoms with Gasteiger partial charge in [-0.3, -0.25) is 4.57 Å². The van der Waals surface area contributed by atoms with Gasteiger partial charge in [-0.05, 0) is 24.6 Å². The largest absolute Gasteiger partial charge is 0.425 e. The van der Waals surface area contributed by atoms with Gasteiger partial charge >= 0.3 is 6.03 Å². The van der Waals surface area contributed by atoms with Crippen molar-refractivity contribution in [2.24, 2.45) is 10.7 Å². The number of nitrogens with zero attached hydrogens (tertiary/aromatic N) is 4. The van der Waals surface area contributed by atoms with Crippen molar-refractivity contribution in [1.82, 2.24) is 9.55 Å². The maximum atomic E-state index is 12.2. The number of hydrogen-bond acceptors (Lipinski definition) is 3. The number of amidine groups is 1. The fraction of sp³-hybridized carbons (Fsp3) is 0.133. The van der Waals surface area contributed by atoms with E-state index in [4.69, 9.17) is 5.73 Å². The molecule has 104 valence electrons. The molecule has 0 bridgehead atoms. The lowest BCUT2D eigenvalue weighted by Gasteiger charge is -2.25. The van der Waals surface area contributed by atoms with Gasteiger partial charge in [0.25, 0.3) is 5.84 Å². The summed E-state index contributed by atoms with van der Waals surface area (Å²) in [5.74, 6) is 0.668. The van der Waals surface area contributed by atoms with E-state index in [0.717, 1.165) is 22.5 Å². The molecule has 1 unspecified atom stereocenters. The predicted octanol–water partition coefficient (Wildman–Crippen LogP) is 1.82. The summed E-state index contributed by atoms with van der Waals surface area (Å²) in [7, 11) is 0. The third kappa shape index (κ3) is 1.47. The van der Waals surface area contributed by atoms with Gasteiger partial charge in [-0.15, -0.1) is 0 Å². The summed E-state index contributed by atoms with van der Waals surface area (Å²) in [6.07, 6.45) is 6.92. The van der Waals surface area contributed by atoms with Crippen LogP contribution < -0.4 is 5.73 Å². The third-order valence-electron chi connectivity index (χ3n) is 4.07. The summed E-state index contributed by atoms with van der Waals surface area (Å²) in [5.41, 5.74) is 9.64. The van der Waals surface area contributed by atoms with Gasteiger partial charge < -0.3 is 5.73 Å². The molecular formula is C15H14N5O+. The molecule has 1 aromatic carbocycles. The maximum absolute atomic E-state index is 12.2. The van der Waals surface area contributed by atoms with Crippen molar-refractivity contribution >= 4 is 11.9 Å². The number of benzene rings is 1. The van der Waals surface area contributed by atoms with E-state index in [1.165, 1.54) is 0 Å². The van der Waals surface area contributed by atoms with E-state index in [1.807, 2.05) is 23.6 Å². The van der Waals surface area contributed by atoms with Crippen LogP contribution >= 0.6 is 0 Å². The first kappa shape index (κ1) is 12.0. The third-order valence-corrected chi connectivity index (χ3v) is 4.07. The number of imidazole rings is 1. The number of nitrogens with two attached hydrogens (primary N) is 1. The minimum atomic E-state index is -0.441. The van der Waals surface area contributed by atoms with Crippen LogP contribution in [-0.4, -0.2) is 25.9 Å². The van der Waals surface area contributed by atoms with E-state index in [2.05, 4.69) is 16.0 Å². The van der Waals surface area contributed by atoms with Gasteiger partial charge in [0.05, 0.1) is 35.7 Å². The average molecular weight is 280 g/mol. The van der Waals surface area contributed by atoms with Crippen LogP contribution in [0.15, 0.2) is 48.1 Å². The highest BCUT2D eigenvalue weighted by atomic mass is 16.2. The van der Waals surface area contributed by atoms with Gasteiger partial charge in [0.2, 0.25) is 0 Å². The molecule has 6 nitrogen and oxygen atoms in total. The molecule has 0 aliphatic carbocycles. The van der Waals surface area contributed by atoms with Crippen LogP contribution in [0.5, 0.6) is 0 Å². The second kappa shape index (κ2) is 3.89. The van der Waals surface area contributed by atoms with E-state index < -0.39 is 6.03 Å². The number of quaternary nitrogens is 1. The van der Waals surface area contributed by atoms with Gasteiger partial charge in [-0.25, -0.2) is 9.78 Å². The van der Waals surface area contributed by atoms with Crippen LogP contribution in [-0.2, 0) is 6.54 Å². The van der Waals surface area contributed by atoms with E-state index in [-0.39, 0.29) is 4.48 Å². The molecule has 2 N–H and O–H groups in total. The number of fused-ring (bicyclic) bond motifs is 5. The molecule has 0 saturated carbocycles. The first-order chi connectivity index (χ1) is 10.1. The normalized spacial score (nSPS) is 22.0. The van der Waals surface area contributed by atoms with Crippen LogP contribution in [0, 0.1) is 6.92 Å². The van der Waals surface area contributed by atoms with E-state index >= 15 is 0 Å². The average Bonchev–Trinajstić information content (AvgIpc) is 3.05. The van der Waals surface area contributed by atoms with Crippen molar-refractivity contribution in [3.63, 3.8) is 0 Å². The summed E-state index contributed by atoms with van der Waals surface area (Å²) in [4.78, 5) is 20.8. The zero-order chi connectivity index (χ0) is 14.6. The molecule has 1 atom stereocenters. The fourth-order valence-electron chi connectivity index (χ4n) is 3.00. The standard InChI is InChI=1S/C15H13N5O/c1-10-2-3-12-13(6-10)19-9-17-7-11(19)8-20(15(16)21)5-4-18-14(12)20/h2-7,9H,8H2,1H3,(H-,16,21)/p+1. The Hall–Kier alpha value is -2.73. The van der Waals surface area contributed by atoms with Crippen molar-refractivity contribution in [1.29, 1.82) is 0 Å². The molecule has 2 aliphatic rings. The molecule has 2 aliphatic heterocycles. The lowest BCUT2D eigenvalue weighted by atomic mass is 10.1. The van der Waals surface area contributed by atoms with Gasteiger partial charge in [-0.2, -0.15) is 9.48 Å². The lowest BCUT2D eigenvalue weighted by Crippen LogP contribution is -2.53. The number of amides is 2. The summed E-state index contributed by atoms with van der Waals surface area (Å²) < 4.78 is 1.90. The van der Waals surface area contributed by atoms with Crippen molar-refractivity contribution < 1.29 is 9.28 Å². The highest BCUT2D eigenvalue weighted by molar-refractivity contribution is 6.04. The molecule has 0 radical (unpaired) electrons. The topological polar surface area (TPSA) is 73.3 Å². The van der Waals surface area contributed by atoms with E-state index in [0.29, 0.717) is 12.4 Å². The highest BCUT2D eigenvalue weighted by Crippen LogP contribution is 2.33. The van der Waals surface area contributed by atoms with E-state index in [9.17, 15) is 4.79 Å². The Bertz CT molecular complexity index is 832. The zero-order valence-corrected chi connectivity index (χ0v) is 11.5. The Kier molecular flexibility index (Phi) is 2.23. The summed E-state index contributed by atoms with van der Waals surface area (Å²) in [6.45, 7) is 2.45. The number of carbonyl (C=O) groups is 1. The number of hydrogen-bond donors (Lipinski definition) is 1. The first-order valence-electron chi connectivity index (χ1n) is 6.68. The van der Waals surface area contributed by atoms with Gasteiger partial charge in [0, 0.05) is 0 Å². The molecule has 6 heteroatoms. The van der Waals surface area contributed by atoms with Crippen molar-refractivity contribution in [3.05, 3.63) is 59.9 Å². The number of urea groups is 1. The molecular weight excluding hydrogens is 266 g/mol. The number of aromatic nitrogens is 2. The van der Waals surface area contributed by atoms with Gasteiger partial charge in [0.15, 0.2) is 0 Å². The molecule has 2 aromatic rings. The number of rotatable bonds is 0. The lowest BCUT2D eigenvalue weighted by molar-refractivity contribution is -0.711. The Morgan fingerprint density at radius 1 is 1.43 bits per heavy atom. The van der Waals surface area contributed by atoms with Crippen LogP contribution in [0.25, 0.3) is 5.69 Å². The van der Waals surface area contributed by atoms with Crippen LogP contribution in [0.3, 0.4) is 0 Å². The van der Waals surface area contributed by atoms with Crippen LogP contribution in [0.1, 0.15) is 16.8 Å². The second-order valence-electron chi connectivity index (χ2n) is 5.39. The Morgan fingerprint density at radius 2 is 2.29 bits per heavy atom. The minimum absolute atomic E-state index is 0.0955. The second-order valence-corrected chi connectivity index (χ2v) is 5.39. The zero-order valence-electron chi connectivity index (χ0n) is 11.5. The Labute approximate surface area is 121 Å². The van der Waals surface area contributed by atoms with Crippen molar-refractivity contribution in [2.75, 3.05) is 0 Å². The highest BCUT2D eigenvalue weighted by Gasteiger charge is 2.46. The summed E-state index contributed by atoms with van der Waals surface area (Å²) in [6, 6.07) is 5.63. The van der Waals surface area contributed by atoms with Gasteiger partial charge in [-0.1, -0.05) is 6.07 Å². The van der Waals surface area contributed by atoms with Crippen LogP contribution in [0.2, 0.25) is 0 Å². The quantitative estimate of drug-likeness (QED) is 0.747. The summed E-state index contributed by atoms with van der Waals surface area (Å²) in [5, 5.41) is 0. The monoisotopic (exact) mass is 280 g/mol. The predicted molar refractivity (Wildman–Crippen MR) is 77.5 cm³/mol. The Morgan fingerprint density at radius 3 is 3.10 bits per heavy atom. The Balaban J connectivity index is 2.09. The molecule has 2 amide bonds. The van der Waals surface area contributed by atoms with Gasteiger partial charge in [0.1, 0.15) is 12.7 Å². The smallest absolute Gasteiger partial charge is 0.318 e. The number of carbonyl (C=O) groups excluding carboxylic acids is 1. The molecule has 4 rings (SSSR count). The number of aliphatic imine (C=N–C) groups is 1. The molecule has 3 heterocycles.